The van der Waals surface area contributed by atoms with Gasteiger partial charge in [0.2, 0.25) is 5.95 Å². The lowest BCUT2D eigenvalue weighted by molar-refractivity contribution is 0.0392. The number of nitrogens with zero attached hydrogens (tertiary/aromatic N) is 3. The van der Waals surface area contributed by atoms with Crippen LogP contribution in [-0.2, 0) is 4.74 Å². The van der Waals surface area contributed by atoms with E-state index < -0.39 is 0 Å². The molecule has 0 amide bonds. The molecular weight excluding hydrogens is 358 g/mol. The van der Waals surface area contributed by atoms with Crippen molar-refractivity contribution in [3.8, 4) is 0 Å². The third-order valence-corrected chi connectivity index (χ3v) is 4.74. The van der Waals surface area contributed by atoms with Gasteiger partial charge in [0.15, 0.2) is 5.82 Å². The van der Waals surface area contributed by atoms with Gasteiger partial charge in [0.05, 0.1) is 12.1 Å². The third-order valence-electron chi connectivity index (χ3n) is 4.02. The van der Waals surface area contributed by atoms with E-state index in [0.717, 1.165) is 33.4 Å². The quantitative estimate of drug-likeness (QED) is 0.721. The molecule has 1 aliphatic heterocycles. The highest BCUT2D eigenvalue weighted by Gasteiger charge is 2.26. The number of ether oxygens (including phenoxy) is 1. The minimum absolute atomic E-state index is 0.0134. The lowest BCUT2D eigenvalue weighted by atomic mass is 10.1. The van der Waals surface area contributed by atoms with Gasteiger partial charge >= 0.3 is 0 Å². The third kappa shape index (κ3) is 2.66. The SMILES string of the molecule is Nc1nc(N2CCO[C@H](c3ccccc3Br)C2)c2[nH]ccc2n1. The number of hydrogen-bond acceptors (Lipinski definition) is 5. The Morgan fingerprint density at radius 1 is 1.26 bits per heavy atom. The number of fused-ring (bicyclic) bond motifs is 1. The van der Waals surface area contributed by atoms with Gasteiger partial charge in [-0.2, -0.15) is 4.98 Å². The normalized spacial score (nSPS) is 18.5. The molecule has 4 rings (SSSR count). The highest BCUT2D eigenvalue weighted by molar-refractivity contribution is 9.10. The average molecular weight is 374 g/mol. The smallest absolute Gasteiger partial charge is 0.222 e. The Labute approximate surface area is 141 Å². The number of nitrogens with two attached hydrogens (primary N) is 1. The van der Waals surface area contributed by atoms with Crippen molar-refractivity contribution in [3.63, 3.8) is 0 Å². The van der Waals surface area contributed by atoms with Crippen molar-refractivity contribution < 1.29 is 4.74 Å². The van der Waals surface area contributed by atoms with Crippen LogP contribution in [0.2, 0.25) is 0 Å². The second-order valence-electron chi connectivity index (χ2n) is 5.47. The average Bonchev–Trinajstić information content (AvgIpc) is 3.03. The molecule has 0 aliphatic carbocycles. The first-order chi connectivity index (χ1) is 11.2. The van der Waals surface area contributed by atoms with Crippen LogP contribution in [0.25, 0.3) is 11.0 Å². The van der Waals surface area contributed by atoms with Crippen LogP contribution in [0.5, 0.6) is 0 Å². The number of anilines is 2. The van der Waals surface area contributed by atoms with Gasteiger partial charge in [0.1, 0.15) is 11.6 Å². The first-order valence-corrected chi connectivity index (χ1v) is 8.23. The maximum atomic E-state index is 5.96. The zero-order valence-electron chi connectivity index (χ0n) is 12.4. The first kappa shape index (κ1) is 14.5. The Morgan fingerprint density at radius 2 is 2.13 bits per heavy atom. The molecule has 2 aromatic heterocycles. The number of aromatic amines is 1. The van der Waals surface area contributed by atoms with E-state index in [1.165, 1.54) is 0 Å². The molecule has 3 heterocycles. The molecule has 0 spiro atoms. The monoisotopic (exact) mass is 373 g/mol. The van der Waals surface area contributed by atoms with Crippen LogP contribution in [0.3, 0.4) is 0 Å². The molecule has 0 unspecified atom stereocenters. The van der Waals surface area contributed by atoms with Crippen molar-refractivity contribution in [3.05, 3.63) is 46.6 Å². The molecule has 23 heavy (non-hydrogen) atoms. The molecule has 6 nitrogen and oxygen atoms in total. The second kappa shape index (κ2) is 5.82. The summed E-state index contributed by atoms with van der Waals surface area (Å²) in [4.78, 5) is 14.1. The van der Waals surface area contributed by atoms with Crippen molar-refractivity contribution in [2.45, 2.75) is 6.10 Å². The van der Waals surface area contributed by atoms with Gasteiger partial charge in [0, 0.05) is 23.8 Å². The zero-order valence-corrected chi connectivity index (χ0v) is 14.0. The van der Waals surface area contributed by atoms with Gasteiger partial charge in [0.25, 0.3) is 0 Å². The van der Waals surface area contributed by atoms with E-state index in [9.17, 15) is 0 Å². The second-order valence-corrected chi connectivity index (χ2v) is 6.32. The van der Waals surface area contributed by atoms with E-state index in [2.05, 4.69) is 41.8 Å². The lowest BCUT2D eigenvalue weighted by Crippen LogP contribution is -2.39. The number of benzene rings is 1. The number of halogens is 1. The molecule has 1 fully saturated rings. The summed E-state index contributed by atoms with van der Waals surface area (Å²) in [6.45, 7) is 2.12. The van der Waals surface area contributed by atoms with E-state index in [1.807, 2.05) is 30.5 Å². The first-order valence-electron chi connectivity index (χ1n) is 7.44. The molecule has 3 aromatic rings. The Kier molecular flexibility index (Phi) is 3.66. The summed E-state index contributed by atoms with van der Waals surface area (Å²) in [5.74, 6) is 1.12. The number of H-pyrrole nitrogens is 1. The molecule has 118 valence electrons. The molecule has 1 atom stereocenters. The maximum absolute atomic E-state index is 5.96. The highest BCUT2D eigenvalue weighted by atomic mass is 79.9. The fourth-order valence-electron chi connectivity index (χ4n) is 2.94. The summed E-state index contributed by atoms with van der Waals surface area (Å²) < 4.78 is 7.02. The van der Waals surface area contributed by atoms with E-state index in [-0.39, 0.29) is 12.1 Å². The van der Waals surface area contributed by atoms with E-state index in [4.69, 9.17) is 10.5 Å². The van der Waals surface area contributed by atoms with Crippen molar-refractivity contribution in [1.82, 2.24) is 15.0 Å². The summed E-state index contributed by atoms with van der Waals surface area (Å²) in [5, 5.41) is 0. The van der Waals surface area contributed by atoms with Gasteiger partial charge in [-0.05, 0) is 17.7 Å². The summed E-state index contributed by atoms with van der Waals surface area (Å²) in [7, 11) is 0. The highest BCUT2D eigenvalue weighted by Crippen LogP contribution is 2.32. The number of nitrogen functional groups attached to an aromatic ring is 1. The van der Waals surface area contributed by atoms with Crippen molar-refractivity contribution in [2.75, 3.05) is 30.3 Å². The molecule has 1 saturated heterocycles. The minimum Gasteiger partial charge on any atom is -0.370 e. The van der Waals surface area contributed by atoms with Crippen LogP contribution in [0, 0.1) is 0 Å². The van der Waals surface area contributed by atoms with E-state index >= 15 is 0 Å². The van der Waals surface area contributed by atoms with Crippen LogP contribution in [0.1, 0.15) is 11.7 Å². The number of rotatable bonds is 2. The summed E-state index contributed by atoms with van der Waals surface area (Å²) >= 11 is 3.60. The predicted octanol–water partition coefficient (Wildman–Crippen LogP) is 2.88. The summed E-state index contributed by atoms with van der Waals surface area (Å²) in [6, 6.07) is 10.0. The molecule has 1 aromatic carbocycles. The Hall–Kier alpha value is -2.12. The molecular formula is C16H16BrN5O. The topological polar surface area (TPSA) is 80.1 Å². The standard InChI is InChI=1S/C16H16BrN5O/c17-11-4-2-1-3-10(11)13-9-22(7-8-23-13)15-14-12(5-6-19-14)20-16(18)21-15/h1-6,13,19H,7-9H2,(H2,18,20,21)/t13-/m0/s1. The molecule has 3 N–H and O–H groups in total. The van der Waals surface area contributed by atoms with Crippen molar-refractivity contribution in [2.24, 2.45) is 0 Å². The lowest BCUT2D eigenvalue weighted by Gasteiger charge is -2.34. The van der Waals surface area contributed by atoms with Gasteiger partial charge < -0.3 is 20.4 Å². The molecule has 0 saturated carbocycles. The van der Waals surface area contributed by atoms with Crippen molar-refractivity contribution >= 4 is 38.7 Å². The van der Waals surface area contributed by atoms with Gasteiger partial charge in [-0.15, -0.1) is 0 Å². The van der Waals surface area contributed by atoms with Crippen LogP contribution in [-0.4, -0.2) is 34.6 Å². The minimum atomic E-state index is -0.0134. The zero-order chi connectivity index (χ0) is 15.8. The Morgan fingerprint density at radius 3 is 3.00 bits per heavy atom. The van der Waals surface area contributed by atoms with Crippen LogP contribution < -0.4 is 10.6 Å². The Bertz CT molecular complexity index is 849. The van der Waals surface area contributed by atoms with Gasteiger partial charge in [-0.3, -0.25) is 0 Å². The molecule has 7 heteroatoms. The number of aromatic nitrogens is 3. The Balaban J connectivity index is 1.69. The van der Waals surface area contributed by atoms with Crippen LogP contribution in [0.15, 0.2) is 41.0 Å². The molecule has 1 aliphatic rings. The largest absolute Gasteiger partial charge is 0.370 e. The van der Waals surface area contributed by atoms with Crippen LogP contribution >= 0.6 is 15.9 Å². The summed E-state index contributed by atoms with van der Waals surface area (Å²) in [6.07, 6.45) is 1.84. The fourth-order valence-corrected chi connectivity index (χ4v) is 3.48. The van der Waals surface area contributed by atoms with E-state index in [0.29, 0.717) is 13.2 Å². The predicted molar refractivity (Wildman–Crippen MR) is 93.3 cm³/mol. The summed E-state index contributed by atoms with van der Waals surface area (Å²) in [5.41, 5.74) is 8.74. The van der Waals surface area contributed by atoms with Crippen molar-refractivity contribution in [1.29, 1.82) is 0 Å². The fraction of sp³-hybridized carbons (Fsp3) is 0.250. The van der Waals surface area contributed by atoms with E-state index in [1.54, 1.807) is 0 Å². The maximum Gasteiger partial charge on any atom is 0.222 e. The van der Waals surface area contributed by atoms with Crippen LogP contribution in [0.4, 0.5) is 11.8 Å². The van der Waals surface area contributed by atoms with Gasteiger partial charge in [-0.25, -0.2) is 4.98 Å². The number of morpholine rings is 1. The number of hydrogen-bond donors (Lipinski definition) is 2. The molecule has 0 radical (unpaired) electrons. The van der Waals surface area contributed by atoms with Gasteiger partial charge in [-0.1, -0.05) is 34.1 Å². The molecule has 0 bridgehead atoms. The number of nitrogens with one attached hydrogen (secondary N) is 1.